The zero-order valence-electron chi connectivity index (χ0n) is 10.7. The molecule has 3 atom stereocenters. The number of hydrogen-bond donors (Lipinski definition) is 3. The Kier molecular flexibility index (Phi) is 5.81. The monoisotopic (exact) mass is 342 g/mol. The lowest BCUT2D eigenvalue weighted by atomic mass is 10.1. The Morgan fingerprint density at radius 1 is 1.19 bits per heavy atom. The van der Waals surface area contributed by atoms with Gasteiger partial charge in [0.2, 0.25) is 0 Å². The Bertz CT molecular complexity index is 586. The number of rotatable bonds is 6. The fourth-order valence-corrected chi connectivity index (χ4v) is 3.66. The van der Waals surface area contributed by atoms with E-state index in [9.17, 15) is 23.2 Å². The van der Waals surface area contributed by atoms with Crippen molar-refractivity contribution >= 4 is 21.2 Å². The van der Waals surface area contributed by atoms with Crippen molar-refractivity contribution in [3.8, 4) is 0 Å². The fraction of sp³-hybridized carbons (Fsp3) is 0.300. The summed E-state index contributed by atoms with van der Waals surface area (Å²) in [6.45, 7) is 0. The van der Waals surface area contributed by atoms with E-state index < -0.39 is 32.9 Å². The van der Waals surface area contributed by atoms with E-state index in [0.717, 1.165) is 7.11 Å². The average Bonchev–Trinajstić information content (AvgIpc) is 2.43. The Morgan fingerprint density at radius 3 is 2.14 bits per heavy atom. The summed E-state index contributed by atoms with van der Waals surface area (Å²) in [5.74, 6) is -1.12. The highest BCUT2D eigenvalue weighted by Gasteiger charge is 2.48. The van der Waals surface area contributed by atoms with Crippen LogP contribution in [0.4, 0.5) is 4.39 Å². The van der Waals surface area contributed by atoms with Crippen molar-refractivity contribution in [3.63, 3.8) is 0 Å². The van der Waals surface area contributed by atoms with Crippen LogP contribution in [0.3, 0.4) is 0 Å². The minimum atomic E-state index is -5.52. The maximum Gasteiger partial charge on any atom is 0.375 e. The third-order valence-corrected chi connectivity index (χ3v) is 5.71. The first-order chi connectivity index (χ1) is 9.59. The zero-order valence-corrected chi connectivity index (χ0v) is 12.5. The van der Waals surface area contributed by atoms with E-state index >= 15 is 0 Å². The van der Waals surface area contributed by atoms with Crippen LogP contribution in [-0.2, 0) is 23.2 Å². The molecule has 0 aliphatic rings. The third kappa shape index (κ3) is 4.71. The normalized spacial score (nSPS) is 17.6. The molecule has 0 amide bonds. The molecular weight excluding hydrogens is 329 g/mol. The standard InChI is InChI=1S/C10H13FO8P2/c1-18-9(12)8(7-5-3-2-4-6-7)19-21(16,17)10(11)20(13,14)15/h2-6,8,10H,1H3,(H,16,17)(H2,13,14,15)/t8-,10?/m0/s1. The van der Waals surface area contributed by atoms with E-state index in [0.29, 0.717) is 0 Å². The summed E-state index contributed by atoms with van der Waals surface area (Å²) in [5.41, 5.74) is -3.39. The van der Waals surface area contributed by atoms with Crippen LogP contribution < -0.4 is 0 Å². The third-order valence-electron chi connectivity index (χ3n) is 2.32. The minimum Gasteiger partial charge on any atom is -0.467 e. The van der Waals surface area contributed by atoms with Gasteiger partial charge in [0.15, 0.2) is 6.10 Å². The molecule has 118 valence electrons. The number of hydrogen-bond acceptors (Lipinski definition) is 5. The van der Waals surface area contributed by atoms with Crippen LogP contribution in [0.25, 0.3) is 0 Å². The predicted octanol–water partition coefficient (Wildman–Crippen LogP) is 1.53. The lowest BCUT2D eigenvalue weighted by Gasteiger charge is -2.22. The summed E-state index contributed by atoms with van der Waals surface area (Å²) in [4.78, 5) is 38.1. The largest absolute Gasteiger partial charge is 0.467 e. The second kappa shape index (κ2) is 6.79. The SMILES string of the molecule is COC(=O)[C@@H](OP(=O)(O)C(F)P(=O)(O)O)c1ccccc1. The molecule has 0 aliphatic carbocycles. The van der Waals surface area contributed by atoms with Crippen molar-refractivity contribution in [1.29, 1.82) is 0 Å². The van der Waals surface area contributed by atoms with Crippen molar-refractivity contribution in [2.24, 2.45) is 0 Å². The van der Waals surface area contributed by atoms with Gasteiger partial charge in [-0.3, -0.25) is 13.7 Å². The lowest BCUT2D eigenvalue weighted by molar-refractivity contribution is -0.149. The summed E-state index contributed by atoms with van der Waals surface area (Å²) in [7, 11) is -9.97. The minimum absolute atomic E-state index is 0.0662. The molecule has 1 aromatic rings. The highest BCUT2D eigenvalue weighted by atomic mass is 31.2. The molecule has 2 unspecified atom stereocenters. The van der Waals surface area contributed by atoms with Gasteiger partial charge < -0.3 is 19.4 Å². The quantitative estimate of drug-likeness (QED) is 0.524. The van der Waals surface area contributed by atoms with Crippen molar-refractivity contribution in [3.05, 3.63) is 35.9 Å². The van der Waals surface area contributed by atoms with E-state index in [1.807, 2.05) is 0 Å². The van der Waals surface area contributed by atoms with E-state index in [1.165, 1.54) is 24.3 Å². The number of esters is 1. The summed E-state index contributed by atoms with van der Waals surface area (Å²) in [6.07, 6.45) is -1.79. The van der Waals surface area contributed by atoms with Gasteiger partial charge in [-0.05, 0) is 5.56 Å². The predicted molar refractivity (Wildman–Crippen MR) is 69.0 cm³/mol. The molecule has 1 aromatic carbocycles. The number of benzene rings is 1. The molecule has 0 fully saturated rings. The second-order valence-electron chi connectivity index (χ2n) is 3.88. The van der Waals surface area contributed by atoms with E-state index in [1.54, 1.807) is 6.07 Å². The first kappa shape index (κ1) is 18.0. The van der Waals surface area contributed by atoms with Gasteiger partial charge in [0, 0.05) is 0 Å². The highest BCUT2D eigenvalue weighted by molar-refractivity contribution is 7.71. The van der Waals surface area contributed by atoms with Crippen LogP contribution in [0.1, 0.15) is 11.7 Å². The van der Waals surface area contributed by atoms with E-state index in [2.05, 4.69) is 9.26 Å². The number of alkyl halides is 1. The Hall–Kier alpha value is -1.08. The number of carbonyl (C=O) groups is 1. The molecule has 0 saturated carbocycles. The van der Waals surface area contributed by atoms with Gasteiger partial charge in [0.25, 0.3) is 5.65 Å². The highest BCUT2D eigenvalue weighted by Crippen LogP contribution is 2.65. The molecule has 0 heterocycles. The fourth-order valence-electron chi connectivity index (χ4n) is 1.37. The Balaban J connectivity index is 3.11. The average molecular weight is 342 g/mol. The molecule has 1 rings (SSSR count). The molecule has 11 heteroatoms. The van der Waals surface area contributed by atoms with Gasteiger partial charge in [-0.15, -0.1) is 0 Å². The second-order valence-corrected chi connectivity index (χ2v) is 7.71. The van der Waals surface area contributed by atoms with Crippen molar-refractivity contribution in [2.45, 2.75) is 11.8 Å². The van der Waals surface area contributed by atoms with E-state index in [-0.39, 0.29) is 5.56 Å². The summed E-state index contributed by atoms with van der Waals surface area (Å²) in [6, 6.07) is 7.22. The van der Waals surface area contributed by atoms with Gasteiger partial charge in [-0.25, -0.2) is 9.18 Å². The molecule has 0 radical (unpaired) electrons. The first-order valence-electron chi connectivity index (χ1n) is 5.42. The summed E-state index contributed by atoms with van der Waals surface area (Å²) >= 11 is 0. The maximum atomic E-state index is 13.4. The summed E-state index contributed by atoms with van der Waals surface area (Å²) < 4.78 is 44.5. The molecule has 3 N–H and O–H groups in total. The van der Waals surface area contributed by atoms with Gasteiger partial charge in [-0.1, -0.05) is 30.3 Å². The van der Waals surface area contributed by atoms with Gasteiger partial charge in [-0.2, -0.15) is 0 Å². The van der Waals surface area contributed by atoms with Crippen molar-refractivity contribution < 1.29 is 42.3 Å². The molecule has 0 saturated heterocycles. The molecule has 0 aromatic heterocycles. The van der Waals surface area contributed by atoms with Crippen LogP contribution in [0, 0.1) is 0 Å². The first-order valence-corrected chi connectivity index (χ1v) is 8.75. The molecule has 21 heavy (non-hydrogen) atoms. The van der Waals surface area contributed by atoms with Crippen LogP contribution in [-0.4, -0.2) is 33.4 Å². The molecule has 0 spiro atoms. The van der Waals surface area contributed by atoms with Crippen molar-refractivity contribution in [1.82, 2.24) is 0 Å². The van der Waals surface area contributed by atoms with Crippen LogP contribution in [0.15, 0.2) is 30.3 Å². The number of methoxy groups -OCH3 is 1. The van der Waals surface area contributed by atoms with Gasteiger partial charge in [0.1, 0.15) is 0 Å². The van der Waals surface area contributed by atoms with Gasteiger partial charge in [0.05, 0.1) is 7.11 Å². The van der Waals surface area contributed by atoms with Crippen molar-refractivity contribution in [2.75, 3.05) is 7.11 Å². The Morgan fingerprint density at radius 2 is 1.71 bits per heavy atom. The van der Waals surface area contributed by atoms with Crippen LogP contribution >= 0.6 is 15.2 Å². The molecule has 8 nitrogen and oxygen atoms in total. The summed E-state index contributed by atoms with van der Waals surface area (Å²) in [5, 5.41) is 0. The van der Waals surface area contributed by atoms with Crippen LogP contribution in [0.2, 0.25) is 0 Å². The molecule has 0 aliphatic heterocycles. The van der Waals surface area contributed by atoms with Gasteiger partial charge >= 0.3 is 21.2 Å². The molecular formula is C10H13FO8P2. The maximum absolute atomic E-state index is 13.4. The number of carbonyl (C=O) groups excluding carboxylic acids is 1. The van der Waals surface area contributed by atoms with E-state index in [4.69, 9.17) is 9.79 Å². The Labute approximate surface area is 119 Å². The number of halogens is 1. The smallest absolute Gasteiger partial charge is 0.375 e. The number of ether oxygens (including phenoxy) is 1. The zero-order chi connectivity index (χ0) is 16.3. The lowest BCUT2D eigenvalue weighted by Crippen LogP contribution is -2.19. The topological polar surface area (TPSA) is 130 Å². The molecule has 0 bridgehead atoms. The van der Waals surface area contributed by atoms with Crippen LogP contribution in [0.5, 0.6) is 0 Å².